The Morgan fingerprint density at radius 2 is 1.86 bits per heavy atom. The van der Waals surface area contributed by atoms with E-state index in [9.17, 15) is 13.2 Å². The molecule has 0 atom stereocenters. The number of hydrogen-bond donors (Lipinski definition) is 0. The number of carbonyl (C=O) groups is 1. The fraction of sp³-hybridized carbons (Fsp3) is 0.533. The van der Waals surface area contributed by atoms with E-state index in [1.54, 1.807) is 4.90 Å². The van der Waals surface area contributed by atoms with Crippen molar-refractivity contribution in [1.29, 1.82) is 0 Å². The number of sulfone groups is 1. The lowest BCUT2D eigenvalue weighted by atomic mass is 9.99. The van der Waals surface area contributed by atoms with E-state index in [0.717, 1.165) is 5.56 Å². The smallest absolute Gasteiger partial charge is 0.410 e. The van der Waals surface area contributed by atoms with Crippen LogP contribution in [0.15, 0.2) is 30.3 Å². The molecule has 1 amide bonds. The summed E-state index contributed by atoms with van der Waals surface area (Å²) in [5.41, 5.74) is 0.956. The Labute approximate surface area is 125 Å². The van der Waals surface area contributed by atoms with E-state index in [0.29, 0.717) is 25.9 Å². The van der Waals surface area contributed by atoms with Gasteiger partial charge >= 0.3 is 6.09 Å². The summed E-state index contributed by atoms with van der Waals surface area (Å²) >= 11 is 0. The van der Waals surface area contributed by atoms with Crippen LogP contribution in [0.3, 0.4) is 0 Å². The molecule has 0 unspecified atom stereocenters. The number of piperidine rings is 1. The third-order valence-electron chi connectivity index (χ3n) is 3.62. The van der Waals surface area contributed by atoms with Crippen LogP contribution in [0, 0.1) is 5.92 Å². The van der Waals surface area contributed by atoms with E-state index in [2.05, 4.69) is 0 Å². The second kappa shape index (κ2) is 6.93. The Kier molecular flexibility index (Phi) is 5.22. The molecule has 21 heavy (non-hydrogen) atoms. The van der Waals surface area contributed by atoms with Crippen LogP contribution in [0.4, 0.5) is 4.79 Å². The molecule has 116 valence electrons. The molecule has 5 nitrogen and oxygen atoms in total. The van der Waals surface area contributed by atoms with Gasteiger partial charge in [-0.3, -0.25) is 0 Å². The van der Waals surface area contributed by atoms with Gasteiger partial charge in [0.25, 0.3) is 0 Å². The van der Waals surface area contributed by atoms with E-state index in [-0.39, 0.29) is 24.4 Å². The quantitative estimate of drug-likeness (QED) is 0.854. The van der Waals surface area contributed by atoms with E-state index < -0.39 is 9.84 Å². The third kappa shape index (κ3) is 5.38. The van der Waals surface area contributed by atoms with Gasteiger partial charge in [-0.1, -0.05) is 30.3 Å². The summed E-state index contributed by atoms with van der Waals surface area (Å²) < 4.78 is 27.8. The first-order valence-corrected chi connectivity index (χ1v) is 9.13. The number of ether oxygens (including phenoxy) is 1. The van der Waals surface area contributed by atoms with Gasteiger partial charge in [-0.05, 0) is 24.3 Å². The summed E-state index contributed by atoms with van der Waals surface area (Å²) in [5.74, 6) is 0.359. The van der Waals surface area contributed by atoms with Crippen LogP contribution in [0.25, 0.3) is 0 Å². The fourth-order valence-corrected chi connectivity index (χ4v) is 3.71. The van der Waals surface area contributed by atoms with Crippen LogP contribution in [0.2, 0.25) is 0 Å². The number of benzene rings is 1. The first-order valence-electron chi connectivity index (χ1n) is 7.07. The highest BCUT2D eigenvalue weighted by Crippen LogP contribution is 2.19. The van der Waals surface area contributed by atoms with Gasteiger partial charge in [-0.25, -0.2) is 13.2 Å². The molecule has 0 bridgehead atoms. The second-order valence-electron chi connectivity index (χ2n) is 5.56. The lowest BCUT2D eigenvalue weighted by molar-refractivity contribution is 0.0839. The Morgan fingerprint density at radius 3 is 2.43 bits per heavy atom. The maximum atomic E-state index is 11.9. The van der Waals surface area contributed by atoms with Gasteiger partial charge in [0.05, 0.1) is 5.75 Å². The zero-order valence-corrected chi connectivity index (χ0v) is 13.0. The first-order chi connectivity index (χ1) is 9.94. The van der Waals surface area contributed by atoms with E-state index in [4.69, 9.17) is 4.74 Å². The molecule has 1 aromatic rings. The molecular weight excluding hydrogens is 290 g/mol. The number of likely N-dealkylation sites (tertiary alicyclic amines) is 1. The van der Waals surface area contributed by atoms with Crippen molar-refractivity contribution in [1.82, 2.24) is 4.90 Å². The molecule has 0 saturated carbocycles. The summed E-state index contributed by atoms with van der Waals surface area (Å²) in [6.07, 6.45) is 2.37. The summed E-state index contributed by atoms with van der Waals surface area (Å²) in [6.45, 7) is 1.39. The SMILES string of the molecule is CS(=O)(=O)CC1CCN(C(=O)OCc2ccccc2)CC1. The fourth-order valence-electron chi connectivity index (χ4n) is 2.52. The minimum atomic E-state index is -2.94. The summed E-state index contributed by atoms with van der Waals surface area (Å²) in [5, 5.41) is 0. The third-order valence-corrected chi connectivity index (χ3v) is 4.69. The summed E-state index contributed by atoms with van der Waals surface area (Å²) in [4.78, 5) is 13.6. The predicted molar refractivity (Wildman–Crippen MR) is 80.6 cm³/mol. The molecule has 6 heteroatoms. The van der Waals surface area contributed by atoms with E-state index in [1.165, 1.54) is 6.26 Å². The van der Waals surface area contributed by atoms with Crippen LogP contribution >= 0.6 is 0 Å². The molecule has 1 heterocycles. The molecular formula is C15H21NO4S. The number of nitrogens with zero attached hydrogens (tertiary/aromatic N) is 1. The van der Waals surface area contributed by atoms with Crippen molar-refractivity contribution in [2.45, 2.75) is 19.4 Å². The van der Waals surface area contributed by atoms with Crippen molar-refractivity contribution < 1.29 is 17.9 Å². The van der Waals surface area contributed by atoms with Gasteiger partial charge in [0.15, 0.2) is 0 Å². The van der Waals surface area contributed by atoms with Crippen molar-refractivity contribution in [2.24, 2.45) is 5.92 Å². The average molecular weight is 311 g/mol. The Bertz CT molecular complexity index is 563. The van der Waals surface area contributed by atoms with Crippen molar-refractivity contribution in [3.63, 3.8) is 0 Å². The Balaban J connectivity index is 1.75. The van der Waals surface area contributed by atoms with Gasteiger partial charge in [-0.2, -0.15) is 0 Å². The minimum absolute atomic E-state index is 0.151. The van der Waals surface area contributed by atoms with Crippen molar-refractivity contribution in [3.8, 4) is 0 Å². The molecule has 1 aliphatic rings. The number of hydrogen-bond acceptors (Lipinski definition) is 4. The topological polar surface area (TPSA) is 63.7 Å². The molecule has 2 rings (SSSR count). The minimum Gasteiger partial charge on any atom is -0.445 e. The van der Waals surface area contributed by atoms with Gasteiger partial charge in [0, 0.05) is 19.3 Å². The molecule has 1 aliphatic heterocycles. The summed E-state index contributed by atoms with van der Waals surface area (Å²) in [7, 11) is -2.94. The molecule has 0 radical (unpaired) electrons. The van der Waals surface area contributed by atoms with Crippen LogP contribution < -0.4 is 0 Å². The second-order valence-corrected chi connectivity index (χ2v) is 7.75. The number of carbonyl (C=O) groups excluding carboxylic acids is 1. The van der Waals surface area contributed by atoms with Crippen LogP contribution in [-0.4, -0.2) is 44.5 Å². The molecule has 0 aromatic heterocycles. The van der Waals surface area contributed by atoms with Crippen LogP contribution in [-0.2, 0) is 21.2 Å². The molecule has 0 aliphatic carbocycles. The van der Waals surface area contributed by atoms with Crippen molar-refractivity contribution in [3.05, 3.63) is 35.9 Å². The van der Waals surface area contributed by atoms with Crippen LogP contribution in [0.5, 0.6) is 0 Å². The summed E-state index contributed by atoms with van der Waals surface area (Å²) in [6, 6.07) is 9.54. The maximum absolute atomic E-state index is 11.9. The average Bonchev–Trinajstić information content (AvgIpc) is 2.45. The van der Waals surface area contributed by atoms with E-state index in [1.807, 2.05) is 30.3 Å². The lowest BCUT2D eigenvalue weighted by Crippen LogP contribution is -2.40. The zero-order chi connectivity index (χ0) is 15.3. The zero-order valence-electron chi connectivity index (χ0n) is 12.2. The van der Waals surface area contributed by atoms with Crippen LogP contribution in [0.1, 0.15) is 18.4 Å². The first kappa shape index (κ1) is 15.8. The normalized spacial score (nSPS) is 16.7. The molecule has 0 N–H and O–H groups in total. The van der Waals surface area contributed by atoms with Gasteiger partial charge < -0.3 is 9.64 Å². The highest BCUT2D eigenvalue weighted by atomic mass is 32.2. The van der Waals surface area contributed by atoms with Gasteiger partial charge in [0.1, 0.15) is 16.4 Å². The van der Waals surface area contributed by atoms with Crippen molar-refractivity contribution in [2.75, 3.05) is 25.1 Å². The number of rotatable bonds is 4. The molecule has 1 fully saturated rings. The largest absolute Gasteiger partial charge is 0.445 e. The monoisotopic (exact) mass is 311 g/mol. The molecule has 0 spiro atoms. The Hall–Kier alpha value is -1.56. The van der Waals surface area contributed by atoms with E-state index >= 15 is 0 Å². The molecule has 1 aromatic carbocycles. The lowest BCUT2D eigenvalue weighted by Gasteiger charge is -2.30. The van der Waals surface area contributed by atoms with Gasteiger partial charge in [-0.15, -0.1) is 0 Å². The Morgan fingerprint density at radius 1 is 1.24 bits per heavy atom. The standard InChI is InChI=1S/C15H21NO4S/c1-21(18,19)12-14-7-9-16(10-8-14)15(17)20-11-13-5-3-2-4-6-13/h2-6,14H,7-12H2,1H3. The highest BCUT2D eigenvalue weighted by molar-refractivity contribution is 7.90. The highest BCUT2D eigenvalue weighted by Gasteiger charge is 2.25. The van der Waals surface area contributed by atoms with Gasteiger partial charge in [0.2, 0.25) is 0 Å². The maximum Gasteiger partial charge on any atom is 0.410 e. The molecule has 1 saturated heterocycles. The number of amides is 1. The predicted octanol–water partition coefficient (Wildman–Crippen LogP) is 2.08. The van der Waals surface area contributed by atoms with Crippen molar-refractivity contribution >= 4 is 15.9 Å².